The van der Waals surface area contributed by atoms with Crippen molar-refractivity contribution in [2.24, 2.45) is 0 Å². The van der Waals surface area contributed by atoms with Crippen LogP contribution in [0, 0.1) is 0 Å². The van der Waals surface area contributed by atoms with Crippen molar-refractivity contribution in [1.82, 2.24) is 0 Å². The highest BCUT2D eigenvalue weighted by Crippen LogP contribution is 2.43. The highest BCUT2D eigenvalue weighted by molar-refractivity contribution is 7.28. The van der Waals surface area contributed by atoms with Crippen LogP contribution in [0.5, 0.6) is 0 Å². The summed E-state index contributed by atoms with van der Waals surface area (Å²) in [6, 6.07) is 6.57. The summed E-state index contributed by atoms with van der Waals surface area (Å²) in [5.41, 5.74) is 0. The van der Waals surface area contributed by atoms with Crippen LogP contribution in [0.2, 0.25) is 0 Å². The predicted molar refractivity (Wildman–Crippen MR) is 120 cm³/mol. The zero-order valence-electron chi connectivity index (χ0n) is 15.2. The summed E-state index contributed by atoms with van der Waals surface area (Å²) in [5.74, 6) is 0.325. The summed E-state index contributed by atoms with van der Waals surface area (Å²) in [6.45, 7) is 2.25. The van der Waals surface area contributed by atoms with Crippen LogP contribution in [0.25, 0.3) is 30.3 Å². The summed E-state index contributed by atoms with van der Waals surface area (Å²) in [4.78, 5) is 13.7. The largest absolute Gasteiger partial charge is 0.293 e. The third-order valence-corrected chi connectivity index (χ3v) is 8.29. The Morgan fingerprint density at radius 2 is 1.46 bits per heavy atom. The summed E-state index contributed by atoms with van der Waals surface area (Å²) < 4.78 is 4.02. The first-order chi connectivity index (χ1) is 12.8. The minimum absolute atomic E-state index is 0.325. The van der Waals surface area contributed by atoms with E-state index in [1.165, 1.54) is 68.8 Å². The van der Waals surface area contributed by atoms with E-state index in [0.29, 0.717) is 12.2 Å². The van der Waals surface area contributed by atoms with Gasteiger partial charge in [-0.15, -0.1) is 34.0 Å². The molecule has 1 aromatic carbocycles. The number of unbranched alkanes of at least 4 members (excludes halogenated alkanes) is 6. The Bertz CT molecular complexity index is 966. The first-order valence-electron chi connectivity index (χ1n) is 9.62. The van der Waals surface area contributed by atoms with Gasteiger partial charge in [-0.1, -0.05) is 45.4 Å². The molecule has 0 bridgehead atoms. The van der Waals surface area contributed by atoms with Crippen molar-refractivity contribution < 1.29 is 4.79 Å². The number of thiophene rings is 3. The first kappa shape index (κ1) is 18.1. The molecule has 4 heteroatoms. The second kappa shape index (κ2) is 8.20. The van der Waals surface area contributed by atoms with Gasteiger partial charge in [0.25, 0.3) is 0 Å². The Morgan fingerprint density at radius 3 is 2.23 bits per heavy atom. The van der Waals surface area contributed by atoms with E-state index in [9.17, 15) is 4.79 Å². The molecule has 0 amide bonds. The van der Waals surface area contributed by atoms with E-state index in [1.807, 2.05) is 22.7 Å². The molecule has 0 aliphatic heterocycles. The Balaban J connectivity index is 1.50. The smallest absolute Gasteiger partial charge is 0.172 e. The molecule has 4 aromatic rings. The van der Waals surface area contributed by atoms with Crippen molar-refractivity contribution in [1.29, 1.82) is 0 Å². The van der Waals surface area contributed by atoms with Gasteiger partial charge >= 0.3 is 0 Å². The molecule has 0 aliphatic carbocycles. The van der Waals surface area contributed by atoms with E-state index in [1.54, 1.807) is 11.3 Å². The van der Waals surface area contributed by atoms with Gasteiger partial charge in [0, 0.05) is 27.3 Å². The molecule has 0 N–H and O–H groups in total. The third kappa shape index (κ3) is 3.47. The fourth-order valence-corrected chi connectivity index (χ4v) is 6.90. The first-order valence-corrected chi connectivity index (χ1v) is 12.2. The maximum atomic E-state index is 12.7. The Labute approximate surface area is 166 Å². The lowest BCUT2D eigenvalue weighted by molar-refractivity contribution is 0.0983. The number of fused-ring (bicyclic) bond motifs is 6. The van der Waals surface area contributed by atoms with Crippen LogP contribution in [0.1, 0.15) is 68.0 Å². The van der Waals surface area contributed by atoms with E-state index < -0.39 is 0 Å². The minimum atomic E-state index is 0.325. The number of carbonyl (C=O) groups is 1. The molecule has 0 saturated carbocycles. The van der Waals surface area contributed by atoms with Crippen molar-refractivity contribution >= 4 is 70.1 Å². The molecule has 0 spiro atoms. The van der Waals surface area contributed by atoms with Gasteiger partial charge in [0.15, 0.2) is 5.78 Å². The summed E-state index contributed by atoms with van der Waals surface area (Å²) in [7, 11) is 0. The monoisotopic (exact) mass is 400 g/mol. The summed E-state index contributed by atoms with van der Waals surface area (Å²) in [6.07, 6.45) is 9.47. The number of hydrogen-bond donors (Lipinski definition) is 0. The molecule has 0 atom stereocenters. The maximum absolute atomic E-state index is 12.7. The molecule has 3 heterocycles. The van der Waals surface area contributed by atoms with Gasteiger partial charge in [-0.2, -0.15) is 0 Å². The van der Waals surface area contributed by atoms with E-state index in [0.717, 1.165) is 11.3 Å². The minimum Gasteiger partial charge on any atom is -0.293 e. The number of benzene rings is 1. The quantitative estimate of drug-likeness (QED) is 0.203. The molecule has 26 heavy (non-hydrogen) atoms. The Hall–Kier alpha value is -1.23. The second-order valence-corrected chi connectivity index (χ2v) is 9.86. The van der Waals surface area contributed by atoms with Gasteiger partial charge in [-0.3, -0.25) is 4.79 Å². The zero-order chi connectivity index (χ0) is 17.9. The molecule has 1 nitrogen and oxygen atoms in total. The lowest BCUT2D eigenvalue weighted by Crippen LogP contribution is -1.95. The number of ketones is 1. The molecule has 0 aliphatic rings. The Kier molecular flexibility index (Phi) is 5.72. The molecule has 0 unspecified atom stereocenters. The van der Waals surface area contributed by atoms with Crippen molar-refractivity contribution in [2.45, 2.75) is 58.3 Å². The number of carbonyl (C=O) groups excluding carboxylic acids is 1. The summed E-state index contributed by atoms with van der Waals surface area (Å²) >= 11 is 5.31. The topological polar surface area (TPSA) is 17.1 Å². The average Bonchev–Trinajstić information content (AvgIpc) is 3.37. The van der Waals surface area contributed by atoms with Gasteiger partial charge in [0.1, 0.15) is 0 Å². The summed E-state index contributed by atoms with van der Waals surface area (Å²) in [5, 5.41) is 8.23. The lowest BCUT2D eigenvalue weighted by atomic mass is 10.1. The van der Waals surface area contributed by atoms with Crippen LogP contribution in [0.3, 0.4) is 0 Å². The number of Topliss-reactive ketones (excluding diaryl/α,β-unsaturated/α-hetero) is 1. The maximum Gasteiger partial charge on any atom is 0.172 e. The van der Waals surface area contributed by atoms with Crippen LogP contribution in [0.4, 0.5) is 0 Å². The van der Waals surface area contributed by atoms with Crippen molar-refractivity contribution in [3.63, 3.8) is 0 Å². The standard InChI is InChI=1S/C22H24OS3/c1-2-3-4-5-6-7-8-9-18(23)19-14-17-15-10-12-24-21(15)22-16(11-13-25-22)20(17)26-19/h10-14H,2-9H2,1H3. The fraction of sp³-hybridized carbons (Fsp3) is 0.409. The van der Waals surface area contributed by atoms with E-state index in [2.05, 4.69) is 35.9 Å². The van der Waals surface area contributed by atoms with E-state index in [4.69, 9.17) is 0 Å². The normalized spacial score (nSPS) is 11.9. The second-order valence-electron chi connectivity index (χ2n) is 6.97. The SMILES string of the molecule is CCCCCCCCCC(=O)c1cc2c3ccsc3c3sccc3c2s1. The molecular formula is C22H24OS3. The number of rotatable bonds is 9. The van der Waals surface area contributed by atoms with Gasteiger partial charge in [0.2, 0.25) is 0 Å². The van der Waals surface area contributed by atoms with Gasteiger partial charge < -0.3 is 0 Å². The predicted octanol–water partition coefficient (Wildman–Crippen LogP) is 8.65. The van der Waals surface area contributed by atoms with Crippen LogP contribution in [0.15, 0.2) is 29.0 Å². The average molecular weight is 401 g/mol. The lowest BCUT2D eigenvalue weighted by Gasteiger charge is -2.00. The number of hydrogen-bond acceptors (Lipinski definition) is 4. The van der Waals surface area contributed by atoms with Gasteiger partial charge in [-0.25, -0.2) is 0 Å². The molecular weight excluding hydrogens is 376 g/mol. The molecule has 0 fully saturated rings. The molecule has 0 saturated heterocycles. The fourth-order valence-electron chi connectivity index (χ4n) is 3.66. The van der Waals surface area contributed by atoms with Crippen molar-refractivity contribution in [3.05, 3.63) is 33.8 Å². The van der Waals surface area contributed by atoms with Crippen LogP contribution in [-0.4, -0.2) is 5.78 Å². The van der Waals surface area contributed by atoms with E-state index >= 15 is 0 Å². The van der Waals surface area contributed by atoms with Crippen LogP contribution < -0.4 is 0 Å². The van der Waals surface area contributed by atoms with E-state index in [-0.39, 0.29) is 0 Å². The van der Waals surface area contributed by atoms with Crippen molar-refractivity contribution in [2.75, 3.05) is 0 Å². The van der Waals surface area contributed by atoms with Gasteiger partial charge in [0.05, 0.1) is 14.3 Å². The highest BCUT2D eigenvalue weighted by Gasteiger charge is 2.16. The van der Waals surface area contributed by atoms with Crippen molar-refractivity contribution in [3.8, 4) is 0 Å². The van der Waals surface area contributed by atoms with Gasteiger partial charge in [-0.05, 0) is 35.4 Å². The Morgan fingerprint density at radius 1 is 0.808 bits per heavy atom. The molecule has 4 rings (SSSR count). The molecule has 3 aromatic heterocycles. The molecule has 0 radical (unpaired) electrons. The third-order valence-electron chi connectivity index (χ3n) is 5.09. The molecule has 136 valence electrons. The van der Waals surface area contributed by atoms with Crippen LogP contribution in [-0.2, 0) is 0 Å². The highest BCUT2D eigenvalue weighted by atomic mass is 32.1. The zero-order valence-corrected chi connectivity index (χ0v) is 17.6. The van der Waals surface area contributed by atoms with Crippen LogP contribution >= 0.6 is 34.0 Å².